The summed E-state index contributed by atoms with van der Waals surface area (Å²) in [5, 5.41) is 9.03. The third-order valence-corrected chi connectivity index (χ3v) is 4.14. The van der Waals surface area contributed by atoms with Crippen LogP contribution in [0.4, 0.5) is 0 Å². The second-order valence-corrected chi connectivity index (χ2v) is 5.18. The van der Waals surface area contributed by atoms with Crippen LogP contribution in [0.2, 0.25) is 0 Å². The molecule has 17 heavy (non-hydrogen) atoms. The molecular weight excluding hydrogens is 214 g/mol. The van der Waals surface area contributed by atoms with E-state index in [0.717, 1.165) is 32.4 Å². The summed E-state index contributed by atoms with van der Waals surface area (Å²) in [5.74, 6) is -0.743. The highest BCUT2D eigenvalue weighted by molar-refractivity contribution is 5.70. The van der Waals surface area contributed by atoms with Crippen molar-refractivity contribution in [3.05, 3.63) is 35.4 Å². The van der Waals surface area contributed by atoms with Crippen molar-refractivity contribution in [3.63, 3.8) is 0 Å². The number of aliphatic carboxylic acids is 1. The predicted molar refractivity (Wildman–Crippen MR) is 64.5 cm³/mol. The standard InChI is InChI=1S/C14H17NO2/c16-14(17)10-5-6-13(7-10)15-8-11-3-1-2-4-12(11)9-15/h1-4,10,13H,5-9H2,(H,16,17). The Balaban J connectivity index is 1.68. The van der Waals surface area contributed by atoms with Gasteiger partial charge in [0, 0.05) is 19.1 Å². The van der Waals surface area contributed by atoms with Gasteiger partial charge in [-0.25, -0.2) is 0 Å². The predicted octanol–water partition coefficient (Wildman–Crippen LogP) is 2.26. The molecule has 2 aliphatic rings. The van der Waals surface area contributed by atoms with Crippen LogP contribution in [0.15, 0.2) is 24.3 Å². The van der Waals surface area contributed by atoms with Crippen molar-refractivity contribution in [2.24, 2.45) is 5.92 Å². The summed E-state index contributed by atoms with van der Waals surface area (Å²) in [4.78, 5) is 13.4. The van der Waals surface area contributed by atoms with Gasteiger partial charge in [0.25, 0.3) is 0 Å². The van der Waals surface area contributed by atoms with E-state index in [2.05, 4.69) is 29.2 Å². The summed E-state index contributed by atoms with van der Waals surface area (Å²) in [6, 6.07) is 8.98. The molecule has 3 rings (SSSR count). The Morgan fingerprint density at radius 1 is 1.18 bits per heavy atom. The average Bonchev–Trinajstić information content (AvgIpc) is 2.95. The first-order valence-electron chi connectivity index (χ1n) is 6.27. The highest BCUT2D eigenvalue weighted by Crippen LogP contribution is 2.34. The van der Waals surface area contributed by atoms with Crippen molar-refractivity contribution >= 4 is 5.97 Å². The van der Waals surface area contributed by atoms with Crippen LogP contribution in [0.1, 0.15) is 30.4 Å². The van der Waals surface area contributed by atoms with Gasteiger partial charge in [-0.2, -0.15) is 0 Å². The van der Waals surface area contributed by atoms with Gasteiger partial charge in [0.2, 0.25) is 0 Å². The summed E-state index contributed by atoms with van der Waals surface area (Å²) >= 11 is 0. The van der Waals surface area contributed by atoms with Crippen LogP contribution in [-0.2, 0) is 17.9 Å². The molecule has 0 radical (unpaired) electrons. The molecule has 0 aromatic heterocycles. The Kier molecular flexibility index (Phi) is 2.63. The van der Waals surface area contributed by atoms with Crippen molar-refractivity contribution in [1.29, 1.82) is 0 Å². The lowest BCUT2D eigenvalue weighted by Gasteiger charge is -2.23. The SMILES string of the molecule is O=C(O)C1CCC(N2Cc3ccccc3C2)C1. The third-order valence-electron chi connectivity index (χ3n) is 4.14. The monoisotopic (exact) mass is 231 g/mol. The first-order chi connectivity index (χ1) is 8.24. The summed E-state index contributed by atoms with van der Waals surface area (Å²) in [7, 11) is 0. The zero-order valence-corrected chi connectivity index (χ0v) is 9.80. The smallest absolute Gasteiger partial charge is 0.306 e. The Hall–Kier alpha value is -1.35. The first kappa shape index (κ1) is 10.8. The molecule has 2 atom stereocenters. The molecule has 1 heterocycles. The fourth-order valence-electron chi connectivity index (χ4n) is 3.13. The van der Waals surface area contributed by atoms with Crippen LogP contribution in [-0.4, -0.2) is 22.0 Å². The van der Waals surface area contributed by atoms with Gasteiger partial charge in [-0.3, -0.25) is 9.69 Å². The number of carboxylic acid groups (broad SMARTS) is 1. The Morgan fingerprint density at radius 2 is 1.82 bits per heavy atom. The average molecular weight is 231 g/mol. The highest BCUT2D eigenvalue weighted by Gasteiger charge is 2.35. The molecule has 0 amide bonds. The molecule has 1 aliphatic carbocycles. The Morgan fingerprint density at radius 3 is 2.35 bits per heavy atom. The molecule has 2 unspecified atom stereocenters. The molecule has 0 spiro atoms. The molecule has 1 fully saturated rings. The molecule has 90 valence electrons. The maximum atomic E-state index is 11.0. The molecular formula is C14H17NO2. The van der Waals surface area contributed by atoms with E-state index in [9.17, 15) is 4.79 Å². The fourth-order valence-corrected chi connectivity index (χ4v) is 3.13. The number of carbonyl (C=O) groups is 1. The maximum Gasteiger partial charge on any atom is 0.306 e. The van der Waals surface area contributed by atoms with E-state index in [-0.39, 0.29) is 5.92 Å². The van der Waals surface area contributed by atoms with Gasteiger partial charge in [0.15, 0.2) is 0 Å². The second-order valence-electron chi connectivity index (χ2n) is 5.18. The number of rotatable bonds is 2. The molecule has 3 heteroatoms. The largest absolute Gasteiger partial charge is 0.481 e. The van der Waals surface area contributed by atoms with Gasteiger partial charge in [0.1, 0.15) is 0 Å². The lowest BCUT2D eigenvalue weighted by atomic mass is 10.1. The molecule has 0 bridgehead atoms. The zero-order valence-electron chi connectivity index (χ0n) is 9.80. The van der Waals surface area contributed by atoms with Crippen molar-refractivity contribution < 1.29 is 9.90 Å². The second kappa shape index (κ2) is 4.15. The van der Waals surface area contributed by atoms with Gasteiger partial charge >= 0.3 is 5.97 Å². The van der Waals surface area contributed by atoms with E-state index in [0.29, 0.717) is 6.04 Å². The number of hydrogen-bond acceptors (Lipinski definition) is 2. The Bertz CT molecular complexity index is 419. The van der Waals surface area contributed by atoms with Gasteiger partial charge < -0.3 is 5.11 Å². The molecule has 1 aliphatic heterocycles. The molecule has 1 saturated carbocycles. The van der Waals surface area contributed by atoms with Crippen LogP contribution in [0, 0.1) is 5.92 Å². The van der Waals surface area contributed by atoms with Gasteiger partial charge in [-0.05, 0) is 30.4 Å². The van der Waals surface area contributed by atoms with Crippen LogP contribution in [0.25, 0.3) is 0 Å². The molecule has 1 N–H and O–H groups in total. The van der Waals surface area contributed by atoms with Crippen LogP contribution in [0.3, 0.4) is 0 Å². The van der Waals surface area contributed by atoms with Crippen molar-refractivity contribution in [3.8, 4) is 0 Å². The van der Waals surface area contributed by atoms with E-state index in [4.69, 9.17) is 5.11 Å². The quantitative estimate of drug-likeness (QED) is 0.848. The number of fused-ring (bicyclic) bond motifs is 1. The molecule has 0 saturated heterocycles. The van der Waals surface area contributed by atoms with E-state index in [1.54, 1.807) is 0 Å². The lowest BCUT2D eigenvalue weighted by Crippen LogP contribution is -2.28. The highest BCUT2D eigenvalue weighted by atomic mass is 16.4. The minimum Gasteiger partial charge on any atom is -0.481 e. The molecule has 1 aromatic rings. The number of hydrogen-bond donors (Lipinski definition) is 1. The first-order valence-corrected chi connectivity index (χ1v) is 6.27. The topological polar surface area (TPSA) is 40.5 Å². The van der Waals surface area contributed by atoms with Crippen molar-refractivity contribution in [1.82, 2.24) is 4.90 Å². The summed E-state index contributed by atoms with van der Waals surface area (Å²) in [6.45, 7) is 1.99. The molecule has 1 aromatic carbocycles. The van der Waals surface area contributed by atoms with Crippen LogP contribution < -0.4 is 0 Å². The van der Waals surface area contributed by atoms with E-state index >= 15 is 0 Å². The minimum atomic E-state index is -0.621. The summed E-state index contributed by atoms with van der Waals surface area (Å²) < 4.78 is 0. The Labute approximate surface area is 101 Å². The lowest BCUT2D eigenvalue weighted by molar-refractivity contribution is -0.141. The maximum absolute atomic E-state index is 11.0. The number of benzene rings is 1. The minimum absolute atomic E-state index is 0.122. The van der Waals surface area contributed by atoms with Gasteiger partial charge in [-0.15, -0.1) is 0 Å². The van der Waals surface area contributed by atoms with E-state index < -0.39 is 5.97 Å². The van der Waals surface area contributed by atoms with Crippen molar-refractivity contribution in [2.75, 3.05) is 0 Å². The molecule has 3 nitrogen and oxygen atoms in total. The van der Waals surface area contributed by atoms with Crippen LogP contribution >= 0.6 is 0 Å². The summed E-state index contributed by atoms with van der Waals surface area (Å²) in [6.07, 6.45) is 2.70. The van der Waals surface area contributed by atoms with E-state index in [1.807, 2.05) is 0 Å². The van der Waals surface area contributed by atoms with Crippen molar-refractivity contribution in [2.45, 2.75) is 38.4 Å². The fraction of sp³-hybridized carbons (Fsp3) is 0.500. The normalized spacial score (nSPS) is 28.2. The zero-order chi connectivity index (χ0) is 11.8. The third kappa shape index (κ3) is 1.95. The number of carboxylic acids is 1. The van der Waals surface area contributed by atoms with Gasteiger partial charge in [-0.1, -0.05) is 24.3 Å². The van der Waals surface area contributed by atoms with E-state index in [1.165, 1.54) is 11.1 Å². The van der Waals surface area contributed by atoms with Crippen LogP contribution in [0.5, 0.6) is 0 Å². The summed E-state index contributed by atoms with van der Waals surface area (Å²) in [5.41, 5.74) is 2.82. The number of nitrogens with zero attached hydrogens (tertiary/aromatic N) is 1. The van der Waals surface area contributed by atoms with Gasteiger partial charge in [0.05, 0.1) is 5.92 Å².